The van der Waals surface area contributed by atoms with Crippen LogP contribution >= 0.6 is 12.2 Å². The second kappa shape index (κ2) is 6.81. The van der Waals surface area contributed by atoms with E-state index in [0.29, 0.717) is 23.8 Å². The number of benzene rings is 1. The fraction of sp³-hybridized carbons (Fsp3) is 0.214. The van der Waals surface area contributed by atoms with Gasteiger partial charge in [0.15, 0.2) is 11.5 Å². The van der Waals surface area contributed by atoms with Crippen molar-refractivity contribution in [3.63, 3.8) is 0 Å². The van der Waals surface area contributed by atoms with Gasteiger partial charge in [0.05, 0.1) is 6.61 Å². The summed E-state index contributed by atoms with van der Waals surface area (Å²) in [6, 6.07) is 9.18. The molecule has 0 bridgehead atoms. The Balaban J connectivity index is 2.21. The molecule has 6 heteroatoms. The Hall–Kier alpha value is -2.21. The normalized spacial score (nSPS) is 10.1. The highest BCUT2D eigenvalue weighted by molar-refractivity contribution is 7.80. The fourth-order valence-corrected chi connectivity index (χ4v) is 1.60. The highest BCUT2D eigenvalue weighted by atomic mass is 32.1. The van der Waals surface area contributed by atoms with E-state index in [1.54, 1.807) is 18.3 Å². The lowest BCUT2D eigenvalue weighted by molar-refractivity contribution is 0.299. The van der Waals surface area contributed by atoms with Crippen LogP contribution in [0, 0.1) is 0 Å². The first-order valence-electron chi connectivity index (χ1n) is 6.23. The number of ether oxygens (including phenoxy) is 2. The lowest BCUT2D eigenvalue weighted by Gasteiger charge is -2.10. The van der Waals surface area contributed by atoms with Gasteiger partial charge in [0, 0.05) is 6.20 Å². The summed E-state index contributed by atoms with van der Waals surface area (Å²) in [6.07, 6.45) is 2.47. The predicted octanol–water partition coefficient (Wildman–Crippen LogP) is 2.69. The van der Waals surface area contributed by atoms with Gasteiger partial charge in [0.25, 0.3) is 0 Å². The summed E-state index contributed by atoms with van der Waals surface area (Å²) in [6.45, 7) is 2.66. The molecule has 0 aliphatic rings. The first-order valence-corrected chi connectivity index (χ1v) is 6.64. The summed E-state index contributed by atoms with van der Waals surface area (Å²) >= 11 is 4.88. The van der Waals surface area contributed by atoms with Crippen LogP contribution in [0.15, 0.2) is 36.5 Å². The number of nitrogens with zero attached hydrogens (tertiary/aromatic N) is 2. The first kappa shape index (κ1) is 14.2. The lowest BCUT2D eigenvalue weighted by Crippen LogP contribution is -2.12. The van der Waals surface area contributed by atoms with Crippen LogP contribution in [0.1, 0.15) is 19.0 Å². The van der Waals surface area contributed by atoms with E-state index in [2.05, 4.69) is 9.97 Å². The molecule has 0 fully saturated rings. The zero-order valence-corrected chi connectivity index (χ0v) is 11.9. The third-order valence-corrected chi connectivity index (χ3v) is 2.61. The highest BCUT2D eigenvalue weighted by Gasteiger charge is 2.08. The van der Waals surface area contributed by atoms with Crippen LogP contribution in [0.3, 0.4) is 0 Å². The summed E-state index contributed by atoms with van der Waals surface area (Å²) in [5.74, 6) is 1.21. The van der Waals surface area contributed by atoms with Crippen molar-refractivity contribution in [1.82, 2.24) is 9.97 Å². The summed E-state index contributed by atoms with van der Waals surface area (Å²) in [7, 11) is 0. The van der Waals surface area contributed by atoms with E-state index in [-0.39, 0.29) is 11.0 Å². The van der Waals surface area contributed by atoms with Crippen LogP contribution in [0.25, 0.3) is 0 Å². The van der Waals surface area contributed by atoms with Crippen LogP contribution in [-0.2, 0) is 0 Å². The Morgan fingerprint density at radius 3 is 2.70 bits per heavy atom. The molecular formula is C14H15N3O2S. The number of rotatable bonds is 6. The maximum Gasteiger partial charge on any atom is 0.322 e. The predicted molar refractivity (Wildman–Crippen MR) is 80.2 cm³/mol. The van der Waals surface area contributed by atoms with Crippen LogP contribution in [0.2, 0.25) is 0 Å². The van der Waals surface area contributed by atoms with Crippen molar-refractivity contribution in [3.8, 4) is 17.5 Å². The molecule has 1 aromatic carbocycles. The Labute approximate surface area is 122 Å². The molecule has 0 amide bonds. The minimum Gasteiger partial charge on any atom is -0.490 e. The van der Waals surface area contributed by atoms with E-state index in [1.807, 2.05) is 25.1 Å². The van der Waals surface area contributed by atoms with Crippen LogP contribution < -0.4 is 15.2 Å². The third kappa shape index (κ3) is 3.64. The van der Waals surface area contributed by atoms with Gasteiger partial charge in [-0.15, -0.1) is 0 Å². The molecule has 0 aliphatic heterocycles. The van der Waals surface area contributed by atoms with Gasteiger partial charge < -0.3 is 15.2 Å². The molecule has 0 saturated carbocycles. The quantitative estimate of drug-likeness (QED) is 0.824. The molecule has 2 aromatic rings. The van der Waals surface area contributed by atoms with E-state index < -0.39 is 0 Å². The summed E-state index contributed by atoms with van der Waals surface area (Å²) in [5, 5.41) is 0. The van der Waals surface area contributed by atoms with Crippen molar-refractivity contribution in [3.05, 3.63) is 42.2 Å². The molecule has 2 rings (SSSR count). The van der Waals surface area contributed by atoms with E-state index in [1.165, 1.54) is 0 Å². The molecule has 0 spiro atoms. The number of aromatic nitrogens is 2. The van der Waals surface area contributed by atoms with Gasteiger partial charge >= 0.3 is 6.01 Å². The van der Waals surface area contributed by atoms with E-state index in [0.717, 1.165) is 6.42 Å². The molecule has 1 aromatic heterocycles. The maximum absolute atomic E-state index is 5.63. The van der Waals surface area contributed by atoms with Gasteiger partial charge in [0.2, 0.25) is 0 Å². The van der Waals surface area contributed by atoms with E-state index in [9.17, 15) is 0 Å². The molecule has 104 valence electrons. The topological polar surface area (TPSA) is 70.3 Å². The zero-order chi connectivity index (χ0) is 14.4. The average molecular weight is 289 g/mol. The monoisotopic (exact) mass is 289 g/mol. The zero-order valence-electron chi connectivity index (χ0n) is 11.1. The molecule has 0 radical (unpaired) electrons. The standard InChI is InChI=1S/C14H15N3O2S/c1-2-9-18-11-5-3-4-6-12(11)19-14-16-8-7-10(17-14)13(15)20/h3-8H,2,9H2,1H3,(H2,15,20). The number of para-hydroxylation sites is 2. The summed E-state index contributed by atoms with van der Waals surface area (Å²) in [5.41, 5.74) is 6.00. The lowest BCUT2D eigenvalue weighted by atomic mass is 10.3. The first-order chi connectivity index (χ1) is 9.70. The Bertz CT molecular complexity index is 604. The molecule has 5 nitrogen and oxygen atoms in total. The molecule has 20 heavy (non-hydrogen) atoms. The fourth-order valence-electron chi connectivity index (χ4n) is 1.49. The summed E-state index contributed by atoms with van der Waals surface area (Å²) < 4.78 is 11.2. The van der Waals surface area contributed by atoms with Crippen molar-refractivity contribution < 1.29 is 9.47 Å². The smallest absolute Gasteiger partial charge is 0.322 e. The van der Waals surface area contributed by atoms with E-state index >= 15 is 0 Å². The summed E-state index contributed by atoms with van der Waals surface area (Å²) in [4.78, 5) is 8.37. The molecule has 0 atom stereocenters. The molecular weight excluding hydrogens is 274 g/mol. The van der Waals surface area contributed by atoms with Crippen molar-refractivity contribution in [2.45, 2.75) is 13.3 Å². The second-order valence-electron chi connectivity index (χ2n) is 3.99. The molecule has 0 aliphatic carbocycles. The van der Waals surface area contributed by atoms with Gasteiger partial charge in [-0.2, -0.15) is 4.98 Å². The van der Waals surface area contributed by atoms with Crippen molar-refractivity contribution in [2.75, 3.05) is 6.61 Å². The van der Waals surface area contributed by atoms with Crippen molar-refractivity contribution in [1.29, 1.82) is 0 Å². The molecule has 1 heterocycles. The second-order valence-corrected chi connectivity index (χ2v) is 4.43. The number of hydrogen-bond donors (Lipinski definition) is 1. The van der Waals surface area contributed by atoms with Gasteiger partial charge in [-0.05, 0) is 24.6 Å². The minimum absolute atomic E-state index is 0.183. The molecule has 0 saturated heterocycles. The average Bonchev–Trinajstić information content (AvgIpc) is 2.46. The van der Waals surface area contributed by atoms with Crippen LogP contribution in [0.5, 0.6) is 17.5 Å². The van der Waals surface area contributed by atoms with Crippen molar-refractivity contribution >= 4 is 17.2 Å². The van der Waals surface area contributed by atoms with Crippen LogP contribution in [-0.4, -0.2) is 21.6 Å². The highest BCUT2D eigenvalue weighted by Crippen LogP contribution is 2.29. The maximum atomic E-state index is 5.63. The Kier molecular flexibility index (Phi) is 4.84. The SMILES string of the molecule is CCCOc1ccccc1Oc1nccc(C(N)=S)n1. The van der Waals surface area contributed by atoms with Gasteiger partial charge in [-0.1, -0.05) is 31.3 Å². The third-order valence-electron chi connectivity index (χ3n) is 2.40. The van der Waals surface area contributed by atoms with Crippen LogP contribution in [0.4, 0.5) is 0 Å². The minimum atomic E-state index is 0.183. The van der Waals surface area contributed by atoms with Gasteiger partial charge in [-0.25, -0.2) is 4.98 Å². The number of thiocarbonyl (C=S) groups is 1. The molecule has 0 unspecified atom stereocenters. The van der Waals surface area contributed by atoms with Gasteiger partial charge in [0.1, 0.15) is 10.7 Å². The van der Waals surface area contributed by atoms with Crippen molar-refractivity contribution in [2.24, 2.45) is 5.73 Å². The number of hydrogen-bond acceptors (Lipinski definition) is 5. The van der Waals surface area contributed by atoms with Gasteiger partial charge in [-0.3, -0.25) is 0 Å². The number of nitrogens with two attached hydrogens (primary N) is 1. The Morgan fingerprint density at radius 1 is 1.25 bits per heavy atom. The Morgan fingerprint density at radius 2 is 2.00 bits per heavy atom. The largest absolute Gasteiger partial charge is 0.490 e. The molecule has 2 N–H and O–H groups in total. The van der Waals surface area contributed by atoms with E-state index in [4.69, 9.17) is 27.4 Å².